The Bertz CT molecular complexity index is 1070. The lowest BCUT2D eigenvalue weighted by atomic mass is 10.1. The van der Waals surface area contributed by atoms with Gasteiger partial charge in [-0.05, 0) is 47.7 Å². The molecule has 3 heterocycles. The van der Waals surface area contributed by atoms with Crippen LogP contribution < -0.4 is 9.62 Å². The number of nitrogens with zero attached hydrogens (tertiary/aromatic N) is 1. The highest BCUT2D eigenvalue weighted by Gasteiger charge is 2.27. The van der Waals surface area contributed by atoms with Crippen molar-refractivity contribution in [2.75, 3.05) is 16.2 Å². The first-order chi connectivity index (χ1) is 12.4. The molecule has 0 unspecified atom stereocenters. The Labute approximate surface area is 163 Å². The van der Waals surface area contributed by atoms with Gasteiger partial charge in [-0.3, -0.25) is 9.52 Å². The van der Waals surface area contributed by atoms with Crippen LogP contribution >= 0.6 is 34.3 Å². The zero-order chi connectivity index (χ0) is 18.3. The van der Waals surface area contributed by atoms with Crippen LogP contribution in [0.3, 0.4) is 0 Å². The van der Waals surface area contributed by atoms with Crippen LogP contribution in [-0.2, 0) is 16.4 Å². The van der Waals surface area contributed by atoms with Crippen molar-refractivity contribution in [3.8, 4) is 0 Å². The summed E-state index contributed by atoms with van der Waals surface area (Å²) >= 11 is 8.22. The van der Waals surface area contributed by atoms with Gasteiger partial charge in [-0.2, -0.15) is 0 Å². The fraction of sp³-hybridized carbons (Fsp3) is 0.118. The molecule has 1 N–H and O–H groups in total. The number of halogens is 1. The van der Waals surface area contributed by atoms with E-state index in [-0.39, 0.29) is 10.1 Å². The number of amides is 1. The number of carbonyl (C=O) groups is 1. The number of sulfonamides is 1. The van der Waals surface area contributed by atoms with Gasteiger partial charge in [0, 0.05) is 12.2 Å². The number of anilines is 2. The van der Waals surface area contributed by atoms with Gasteiger partial charge in [0.1, 0.15) is 4.21 Å². The van der Waals surface area contributed by atoms with Crippen LogP contribution in [0.1, 0.15) is 15.2 Å². The predicted octanol–water partition coefficient (Wildman–Crippen LogP) is 4.47. The van der Waals surface area contributed by atoms with E-state index in [0.717, 1.165) is 29.0 Å². The molecule has 26 heavy (non-hydrogen) atoms. The monoisotopic (exact) mass is 424 g/mol. The highest BCUT2D eigenvalue weighted by molar-refractivity contribution is 7.94. The molecule has 0 aliphatic carbocycles. The molecule has 2 aromatic heterocycles. The van der Waals surface area contributed by atoms with E-state index in [9.17, 15) is 13.2 Å². The van der Waals surface area contributed by atoms with Crippen molar-refractivity contribution in [2.24, 2.45) is 0 Å². The van der Waals surface area contributed by atoms with E-state index >= 15 is 0 Å². The molecular weight excluding hydrogens is 412 g/mol. The molecule has 0 saturated carbocycles. The third-order valence-electron chi connectivity index (χ3n) is 4.02. The molecule has 1 aliphatic rings. The summed E-state index contributed by atoms with van der Waals surface area (Å²) in [6.07, 6.45) is 0.750. The molecule has 0 saturated heterocycles. The molecule has 0 bridgehead atoms. The maximum absolute atomic E-state index is 12.7. The summed E-state index contributed by atoms with van der Waals surface area (Å²) in [7, 11) is -3.71. The highest BCUT2D eigenvalue weighted by atomic mass is 35.5. The molecule has 1 aliphatic heterocycles. The van der Waals surface area contributed by atoms with Gasteiger partial charge in [-0.15, -0.1) is 22.7 Å². The Balaban J connectivity index is 1.63. The minimum Gasteiger partial charge on any atom is -0.307 e. The molecule has 5 nitrogen and oxygen atoms in total. The summed E-state index contributed by atoms with van der Waals surface area (Å²) in [4.78, 5) is 15.0. The van der Waals surface area contributed by atoms with Gasteiger partial charge in [-0.1, -0.05) is 23.7 Å². The van der Waals surface area contributed by atoms with Crippen LogP contribution in [0.25, 0.3) is 0 Å². The van der Waals surface area contributed by atoms with Crippen LogP contribution in [0.5, 0.6) is 0 Å². The number of rotatable bonds is 4. The zero-order valence-corrected chi connectivity index (χ0v) is 16.5. The first-order valence-corrected chi connectivity index (χ1v) is 11.3. The number of benzene rings is 1. The molecule has 1 amide bonds. The molecule has 1 aromatic carbocycles. The molecule has 0 radical (unpaired) electrons. The average molecular weight is 425 g/mol. The Morgan fingerprint density at radius 3 is 2.73 bits per heavy atom. The second-order valence-electron chi connectivity index (χ2n) is 5.69. The van der Waals surface area contributed by atoms with E-state index in [4.69, 9.17) is 11.6 Å². The van der Waals surface area contributed by atoms with Gasteiger partial charge in [0.25, 0.3) is 15.9 Å². The standard InChI is InChI=1S/C17H13ClN2O3S3/c18-15-5-6-16(25-15)26(22,23)19-12-4-3-11-7-8-20(13(11)10-12)17(21)14-2-1-9-24-14/h1-6,9-10,19H,7-8H2. The van der Waals surface area contributed by atoms with Crippen molar-refractivity contribution >= 4 is 61.6 Å². The molecule has 134 valence electrons. The molecule has 0 atom stereocenters. The predicted molar refractivity (Wildman–Crippen MR) is 106 cm³/mol. The van der Waals surface area contributed by atoms with Crippen molar-refractivity contribution < 1.29 is 13.2 Å². The number of hydrogen-bond donors (Lipinski definition) is 1. The normalized spacial score (nSPS) is 13.7. The Morgan fingerprint density at radius 2 is 2.04 bits per heavy atom. The minimum absolute atomic E-state index is 0.0659. The van der Waals surface area contributed by atoms with Crippen molar-refractivity contribution in [1.82, 2.24) is 0 Å². The van der Waals surface area contributed by atoms with E-state index in [0.29, 0.717) is 21.4 Å². The topological polar surface area (TPSA) is 66.5 Å². The average Bonchev–Trinajstić information content (AvgIpc) is 3.34. The number of fused-ring (bicyclic) bond motifs is 1. The van der Waals surface area contributed by atoms with Crippen LogP contribution in [0.2, 0.25) is 4.34 Å². The fourth-order valence-corrected chi connectivity index (χ4v) is 6.04. The van der Waals surface area contributed by atoms with Gasteiger partial charge in [-0.25, -0.2) is 8.42 Å². The molecule has 0 spiro atoms. The number of thiophene rings is 2. The second-order valence-corrected chi connectivity index (χ2v) is 10.3. The van der Waals surface area contributed by atoms with Gasteiger partial charge < -0.3 is 4.90 Å². The lowest BCUT2D eigenvalue weighted by Crippen LogP contribution is -2.28. The van der Waals surface area contributed by atoms with Crippen molar-refractivity contribution in [3.63, 3.8) is 0 Å². The molecule has 9 heteroatoms. The quantitative estimate of drug-likeness (QED) is 0.672. The Kier molecular flexibility index (Phi) is 4.52. The first kappa shape index (κ1) is 17.5. The summed E-state index contributed by atoms with van der Waals surface area (Å²) in [6, 6.07) is 11.9. The van der Waals surface area contributed by atoms with Gasteiger partial charge in [0.15, 0.2) is 0 Å². The summed E-state index contributed by atoms with van der Waals surface area (Å²) in [5.74, 6) is -0.0659. The van der Waals surface area contributed by atoms with Gasteiger partial charge in [0.2, 0.25) is 0 Å². The van der Waals surface area contributed by atoms with Crippen molar-refractivity contribution in [2.45, 2.75) is 10.6 Å². The van der Waals surface area contributed by atoms with E-state index in [1.807, 2.05) is 17.5 Å². The van der Waals surface area contributed by atoms with E-state index in [1.165, 1.54) is 17.4 Å². The van der Waals surface area contributed by atoms with E-state index < -0.39 is 10.0 Å². The fourth-order valence-electron chi connectivity index (χ4n) is 2.83. The third kappa shape index (κ3) is 3.25. The summed E-state index contributed by atoms with van der Waals surface area (Å²) in [5.41, 5.74) is 2.18. The van der Waals surface area contributed by atoms with Crippen LogP contribution in [-0.4, -0.2) is 20.9 Å². The van der Waals surface area contributed by atoms with Gasteiger partial charge >= 0.3 is 0 Å². The van der Waals surface area contributed by atoms with Gasteiger partial charge in [0.05, 0.1) is 14.9 Å². The maximum Gasteiger partial charge on any atom is 0.271 e. The van der Waals surface area contributed by atoms with Crippen molar-refractivity contribution in [1.29, 1.82) is 0 Å². The van der Waals surface area contributed by atoms with Crippen LogP contribution in [0, 0.1) is 0 Å². The molecule has 4 rings (SSSR count). The minimum atomic E-state index is -3.71. The second kappa shape index (κ2) is 6.70. The number of carbonyl (C=O) groups excluding carboxylic acids is 1. The first-order valence-electron chi connectivity index (χ1n) is 7.70. The summed E-state index contributed by atoms with van der Waals surface area (Å²) < 4.78 is 28.1. The van der Waals surface area contributed by atoms with Crippen molar-refractivity contribution in [3.05, 3.63) is 62.6 Å². The Morgan fingerprint density at radius 1 is 1.19 bits per heavy atom. The molecule has 0 fully saturated rings. The highest BCUT2D eigenvalue weighted by Crippen LogP contribution is 2.34. The van der Waals surface area contributed by atoms with Crippen LogP contribution in [0.4, 0.5) is 11.4 Å². The number of nitrogens with one attached hydrogen (secondary N) is 1. The van der Waals surface area contributed by atoms with E-state index in [1.54, 1.807) is 29.2 Å². The SMILES string of the molecule is O=C(c1cccs1)N1CCc2ccc(NS(=O)(=O)c3ccc(Cl)s3)cc21. The van der Waals surface area contributed by atoms with Crippen LogP contribution in [0.15, 0.2) is 52.1 Å². The molecule has 3 aromatic rings. The van der Waals surface area contributed by atoms with E-state index in [2.05, 4.69) is 4.72 Å². The smallest absolute Gasteiger partial charge is 0.271 e. The third-order valence-corrected chi connectivity index (χ3v) is 7.99. The number of hydrogen-bond acceptors (Lipinski definition) is 5. The zero-order valence-electron chi connectivity index (χ0n) is 13.3. The largest absolute Gasteiger partial charge is 0.307 e. The Hall–Kier alpha value is -1.87. The summed E-state index contributed by atoms with van der Waals surface area (Å²) in [6.45, 7) is 0.586. The summed E-state index contributed by atoms with van der Waals surface area (Å²) in [5, 5.41) is 1.86. The lowest BCUT2D eigenvalue weighted by Gasteiger charge is -2.17. The lowest BCUT2D eigenvalue weighted by molar-refractivity contribution is 0.0993. The molecular formula is C17H13ClN2O3S3. The maximum atomic E-state index is 12.7.